The van der Waals surface area contributed by atoms with Crippen molar-refractivity contribution in [3.8, 4) is 5.75 Å². The van der Waals surface area contributed by atoms with E-state index in [1.165, 1.54) is 0 Å². The van der Waals surface area contributed by atoms with Crippen LogP contribution in [0.25, 0.3) is 0 Å². The Kier molecular flexibility index (Phi) is 3.80. The summed E-state index contributed by atoms with van der Waals surface area (Å²) in [5.74, 6) is -0.422. The quantitative estimate of drug-likeness (QED) is 0.880. The van der Waals surface area contributed by atoms with E-state index in [4.69, 9.17) is 0 Å². The summed E-state index contributed by atoms with van der Waals surface area (Å²) in [5, 5.41) is 18.7. The molecule has 0 aliphatic carbocycles. The lowest BCUT2D eigenvalue weighted by molar-refractivity contribution is -0.151. The van der Waals surface area contributed by atoms with Crippen molar-refractivity contribution in [2.45, 2.75) is 32.7 Å². The Hall–Kier alpha value is -1.55. The SMILES string of the molecule is CC(c1cccc(O)c1)N1CCC(C)(C(=O)O)CC1. The molecule has 0 radical (unpaired) electrons. The third-order valence-corrected chi connectivity index (χ3v) is 4.32. The van der Waals surface area contributed by atoms with Crippen LogP contribution in [0.5, 0.6) is 5.75 Å². The van der Waals surface area contributed by atoms with Crippen LogP contribution in [0.4, 0.5) is 0 Å². The maximum Gasteiger partial charge on any atom is 0.309 e. The first-order valence-electron chi connectivity index (χ1n) is 6.69. The largest absolute Gasteiger partial charge is 0.508 e. The second kappa shape index (κ2) is 5.21. The molecular formula is C15H21NO3. The van der Waals surface area contributed by atoms with E-state index >= 15 is 0 Å². The zero-order valence-electron chi connectivity index (χ0n) is 11.5. The Bertz CT molecular complexity index is 464. The van der Waals surface area contributed by atoms with Crippen molar-refractivity contribution in [3.63, 3.8) is 0 Å². The van der Waals surface area contributed by atoms with E-state index in [1.54, 1.807) is 12.1 Å². The van der Waals surface area contributed by atoms with E-state index in [1.807, 2.05) is 19.1 Å². The Balaban J connectivity index is 2.04. The second-order valence-corrected chi connectivity index (χ2v) is 5.67. The Morgan fingerprint density at radius 3 is 2.53 bits per heavy atom. The fraction of sp³-hybridized carbons (Fsp3) is 0.533. The maximum absolute atomic E-state index is 11.2. The van der Waals surface area contributed by atoms with Gasteiger partial charge in [0.05, 0.1) is 5.41 Å². The number of likely N-dealkylation sites (tertiary alicyclic amines) is 1. The number of phenols is 1. The standard InChI is InChI=1S/C15H21NO3/c1-11(12-4-3-5-13(17)10-12)16-8-6-15(2,7-9-16)14(18)19/h3-5,10-11,17H,6-9H2,1-2H3,(H,18,19). The number of piperidine rings is 1. The molecule has 2 rings (SSSR count). The van der Waals surface area contributed by atoms with Crippen LogP contribution < -0.4 is 0 Å². The minimum Gasteiger partial charge on any atom is -0.508 e. The van der Waals surface area contributed by atoms with Gasteiger partial charge >= 0.3 is 5.97 Å². The van der Waals surface area contributed by atoms with Gasteiger partial charge in [-0.2, -0.15) is 0 Å². The zero-order valence-corrected chi connectivity index (χ0v) is 11.5. The van der Waals surface area contributed by atoms with Gasteiger partial charge in [0.15, 0.2) is 0 Å². The van der Waals surface area contributed by atoms with Crippen molar-refractivity contribution < 1.29 is 15.0 Å². The number of carbonyl (C=O) groups is 1. The number of hydrogen-bond donors (Lipinski definition) is 2. The number of nitrogens with zero attached hydrogens (tertiary/aromatic N) is 1. The minimum atomic E-state index is -0.697. The highest BCUT2D eigenvalue weighted by Crippen LogP contribution is 2.35. The summed E-state index contributed by atoms with van der Waals surface area (Å²) in [7, 11) is 0. The van der Waals surface area contributed by atoms with Gasteiger partial charge in [0, 0.05) is 6.04 Å². The average Bonchev–Trinajstić information content (AvgIpc) is 2.38. The molecule has 19 heavy (non-hydrogen) atoms. The Morgan fingerprint density at radius 1 is 1.37 bits per heavy atom. The van der Waals surface area contributed by atoms with Gasteiger partial charge in [-0.05, 0) is 57.5 Å². The molecule has 0 aromatic heterocycles. The fourth-order valence-corrected chi connectivity index (χ4v) is 2.61. The highest BCUT2D eigenvalue weighted by atomic mass is 16.4. The van der Waals surface area contributed by atoms with Crippen LogP contribution >= 0.6 is 0 Å². The lowest BCUT2D eigenvalue weighted by atomic mass is 9.80. The lowest BCUT2D eigenvalue weighted by Gasteiger charge is -2.39. The van der Waals surface area contributed by atoms with Crippen LogP contribution in [-0.2, 0) is 4.79 Å². The van der Waals surface area contributed by atoms with Gasteiger partial charge in [-0.15, -0.1) is 0 Å². The molecule has 1 fully saturated rings. The summed E-state index contributed by atoms with van der Waals surface area (Å²) in [6, 6.07) is 7.47. The molecule has 4 nitrogen and oxygen atoms in total. The van der Waals surface area contributed by atoms with Gasteiger partial charge in [-0.25, -0.2) is 0 Å². The first-order valence-corrected chi connectivity index (χ1v) is 6.69. The third kappa shape index (κ3) is 2.89. The van der Waals surface area contributed by atoms with E-state index in [-0.39, 0.29) is 11.8 Å². The number of carboxylic acids is 1. The van der Waals surface area contributed by atoms with E-state index in [9.17, 15) is 15.0 Å². The Morgan fingerprint density at radius 2 is 2.00 bits per heavy atom. The summed E-state index contributed by atoms with van der Waals surface area (Å²) in [6.07, 6.45) is 1.34. The van der Waals surface area contributed by atoms with E-state index in [2.05, 4.69) is 11.8 Å². The van der Waals surface area contributed by atoms with Gasteiger partial charge in [0.2, 0.25) is 0 Å². The van der Waals surface area contributed by atoms with Crippen molar-refractivity contribution >= 4 is 5.97 Å². The van der Waals surface area contributed by atoms with Crippen LogP contribution in [0.2, 0.25) is 0 Å². The van der Waals surface area contributed by atoms with Crippen LogP contribution in [0.1, 0.15) is 38.3 Å². The monoisotopic (exact) mass is 263 g/mol. The van der Waals surface area contributed by atoms with E-state index in [0.717, 1.165) is 18.7 Å². The highest BCUT2D eigenvalue weighted by molar-refractivity contribution is 5.74. The van der Waals surface area contributed by atoms with E-state index < -0.39 is 11.4 Å². The first-order chi connectivity index (χ1) is 8.92. The van der Waals surface area contributed by atoms with Gasteiger partial charge in [-0.1, -0.05) is 12.1 Å². The predicted molar refractivity (Wildman–Crippen MR) is 73.1 cm³/mol. The molecule has 1 aliphatic rings. The van der Waals surface area contributed by atoms with Crippen LogP contribution in [-0.4, -0.2) is 34.2 Å². The molecule has 0 amide bonds. The molecule has 0 bridgehead atoms. The summed E-state index contributed by atoms with van der Waals surface area (Å²) in [5.41, 5.74) is 0.480. The van der Waals surface area contributed by atoms with E-state index in [0.29, 0.717) is 12.8 Å². The molecule has 0 spiro atoms. The maximum atomic E-state index is 11.2. The van der Waals surface area contributed by atoms with Crippen LogP contribution in [0, 0.1) is 5.41 Å². The van der Waals surface area contributed by atoms with Crippen molar-refractivity contribution in [2.24, 2.45) is 5.41 Å². The van der Waals surface area contributed by atoms with Crippen LogP contribution in [0.3, 0.4) is 0 Å². The lowest BCUT2D eigenvalue weighted by Crippen LogP contribution is -2.43. The van der Waals surface area contributed by atoms with Gasteiger partial charge in [0.25, 0.3) is 0 Å². The summed E-state index contributed by atoms with van der Waals surface area (Å²) in [6.45, 7) is 5.48. The van der Waals surface area contributed by atoms with Crippen molar-refractivity contribution in [1.82, 2.24) is 4.90 Å². The Labute approximate surface area is 113 Å². The second-order valence-electron chi connectivity index (χ2n) is 5.67. The normalized spacial score (nSPS) is 20.9. The molecule has 1 heterocycles. The highest BCUT2D eigenvalue weighted by Gasteiger charge is 2.37. The zero-order chi connectivity index (χ0) is 14.0. The van der Waals surface area contributed by atoms with Crippen molar-refractivity contribution in [1.29, 1.82) is 0 Å². The average molecular weight is 263 g/mol. The molecule has 1 atom stereocenters. The van der Waals surface area contributed by atoms with Crippen molar-refractivity contribution in [3.05, 3.63) is 29.8 Å². The topological polar surface area (TPSA) is 60.8 Å². The molecule has 1 aliphatic heterocycles. The summed E-state index contributed by atoms with van der Waals surface area (Å²) < 4.78 is 0. The number of benzene rings is 1. The summed E-state index contributed by atoms with van der Waals surface area (Å²) in [4.78, 5) is 13.5. The molecule has 1 aromatic rings. The molecule has 1 saturated heterocycles. The number of hydrogen-bond acceptors (Lipinski definition) is 3. The number of rotatable bonds is 3. The molecule has 104 valence electrons. The molecular weight excluding hydrogens is 242 g/mol. The summed E-state index contributed by atoms with van der Waals surface area (Å²) >= 11 is 0. The minimum absolute atomic E-state index is 0.199. The molecule has 2 N–H and O–H groups in total. The molecule has 4 heteroatoms. The molecule has 1 unspecified atom stereocenters. The fourth-order valence-electron chi connectivity index (χ4n) is 2.61. The number of carboxylic acid groups (broad SMARTS) is 1. The molecule has 0 saturated carbocycles. The van der Waals surface area contributed by atoms with Crippen molar-refractivity contribution in [2.75, 3.05) is 13.1 Å². The smallest absolute Gasteiger partial charge is 0.309 e. The van der Waals surface area contributed by atoms with Gasteiger partial charge in [-0.3, -0.25) is 9.69 Å². The third-order valence-electron chi connectivity index (χ3n) is 4.32. The number of aliphatic carboxylic acids is 1. The molecule has 1 aromatic carbocycles. The van der Waals surface area contributed by atoms with Gasteiger partial charge < -0.3 is 10.2 Å². The number of phenolic OH excluding ortho intramolecular Hbond substituents is 1. The van der Waals surface area contributed by atoms with Gasteiger partial charge in [0.1, 0.15) is 5.75 Å². The van der Waals surface area contributed by atoms with Crippen LogP contribution in [0.15, 0.2) is 24.3 Å². The number of aromatic hydroxyl groups is 1. The predicted octanol–water partition coefficient (Wildman–Crippen LogP) is 2.64. The first kappa shape index (κ1) is 13.9.